The van der Waals surface area contributed by atoms with Gasteiger partial charge in [0.15, 0.2) is 0 Å². The molecule has 0 fully saturated rings. The molecule has 0 bridgehead atoms. The van der Waals surface area contributed by atoms with E-state index in [2.05, 4.69) is 153 Å². The molecule has 0 N–H and O–H groups in total. The van der Waals surface area contributed by atoms with E-state index in [-0.39, 0.29) is 0 Å². The summed E-state index contributed by atoms with van der Waals surface area (Å²) in [5.74, 6) is 1.35. The molecule has 6 aromatic carbocycles. The second kappa shape index (κ2) is 11.5. The van der Waals surface area contributed by atoms with Crippen LogP contribution >= 0.6 is 0 Å². The van der Waals surface area contributed by atoms with E-state index in [0.717, 1.165) is 12.8 Å². The number of hydrogen-bond acceptors (Lipinski definition) is 0. The van der Waals surface area contributed by atoms with E-state index in [1.165, 1.54) is 67.3 Å². The highest BCUT2D eigenvalue weighted by molar-refractivity contribution is 6.03. The van der Waals surface area contributed by atoms with Crippen LogP contribution in [0.5, 0.6) is 0 Å². The number of fused-ring (bicyclic) bond motifs is 5. The number of hydrogen-bond donors (Lipinski definition) is 0. The molecule has 0 heterocycles. The molecule has 0 radical (unpaired) electrons. The summed E-state index contributed by atoms with van der Waals surface area (Å²) in [5, 5.41) is 2.69. The first-order valence-corrected chi connectivity index (χ1v) is 15.5. The van der Waals surface area contributed by atoms with Crippen molar-refractivity contribution in [3.8, 4) is 22.3 Å². The SMILES string of the molecule is CC1CCc2ccc3ccccc3c2-c2c(-c3ccc(CC(c4ccccc4)C(C)c4ccccc4)cc3)cccc21. The molecule has 1 aliphatic carbocycles. The van der Waals surface area contributed by atoms with Crippen LogP contribution in [0.2, 0.25) is 0 Å². The first kappa shape index (κ1) is 26.5. The fourth-order valence-electron chi connectivity index (χ4n) is 7.19. The summed E-state index contributed by atoms with van der Waals surface area (Å²) in [4.78, 5) is 0. The zero-order valence-corrected chi connectivity index (χ0v) is 24.6. The summed E-state index contributed by atoms with van der Waals surface area (Å²) in [6.45, 7) is 4.78. The molecular formula is C42H38. The number of aryl methyl sites for hydroxylation is 1. The van der Waals surface area contributed by atoms with Gasteiger partial charge in [-0.15, -0.1) is 0 Å². The van der Waals surface area contributed by atoms with E-state index < -0.39 is 0 Å². The summed E-state index contributed by atoms with van der Waals surface area (Å²) < 4.78 is 0. The van der Waals surface area contributed by atoms with Crippen molar-refractivity contribution < 1.29 is 0 Å². The highest BCUT2D eigenvalue weighted by atomic mass is 14.3. The van der Waals surface area contributed by atoms with Crippen molar-refractivity contribution in [1.82, 2.24) is 0 Å². The van der Waals surface area contributed by atoms with Crippen LogP contribution < -0.4 is 0 Å². The highest BCUT2D eigenvalue weighted by Gasteiger charge is 2.25. The van der Waals surface area contributed by atoms with Crippen LogP contribution in [0.25, 0.3) is 33.0 Å². The van der Waals surface area contributed by atoms with Crippen LogP contribution in [0.4, 0.5) is 0 Å². The Labute approximate surface area is 250 Å². The fraction of sp³-hybridized carbons (Fsp3) is 0.190. The zero-order valence-electron chi connectivity index (χ0n) is 24.6. The van der Waals surface area contributed by atoms with Gasteiger partial charge in [-0.3, -0.25) is 0 Å². The van der Waals surface area contributed by atoms with Gasteiger partial charge in [-0.2, -0.15) is 0 Å². The van der Waals surface area contributed by atoms with Crippen molar-refractivity contribution in [3.63, 3.8) is 0 Å². The standard InChI is InChI=1S/C42H38/c1-29-20-23-36-27-26-34-16-9-10-17-38(34)41(36)42-37(29)18-11-19-39(42)35-24-21-31(22-25-35)28-40(33-14-7-4-8-15-33)30(2)32-12-5-3-6-13-32/h3-19,21-22,24-27,29-30,40H,20,23,28H2,1-2H3. The molecule has 0 aromatic heterocycles. The van der Waals surface area contributed by atoms with Gasteiger partial charge >= 0.3 is 0 Å². The lowest BCUT2D eigenvalue weighted by Crippen LogP contribution is -2.11. The lowest BCUT2D eigenvalue weighted by molar-refractivity contribution is 0.572. The molecule has 0 aliphatic heterocycles. The van der Waals surface area contributed by atoms with Crippen molar-refractivity contribution >= 4 is 10.8 Å². The van der Waals surface area contributed by atoms with Crippen LogP contribution in [-0.2, 0) is 12.8 Å². The van der Waals surface area contributed by atoms with Crippen LogP contribution in [0, 0.1) is 0 Å². The Hall–Kier alpha value is -4.42. The fourth-order valence-corrected chi connectivity index (χ4v) is 7.19. The van der Waals surface area contributed by atoms with Gasteiger partial charge in [0.25, 0.3) is 0 Å². The molecule has 206 valence electrons. The van der Waals surface area contributed by atoms with Crippen molar-refractivity contribution in [2.24, 2.45) is 0 Å². The first-order valence-electron chi connectivity index (χ1n) is 15.5. The molecule has 1 aliphatic rings. The second-order valence-electron chi connectivity index (χ2n) is 12.1. The van der Waals surface area contributed by atoms with Gasteiger partial charge in [0, 0.05) is 0 Å². The van der Waals surface area contributed by atoms with Gasteiger partial charge in [0.05, 0.1) is 0 Å². The van der Waals surface area contributed by atoms with E-state index in [9.17, 15) is 0 Å². The summed E-state index contributed by atoms with van der Waals surface area (Å²) in [6.07, 6.45) is 3.31. The van der Waals surface area contributed by atoms with E-state index in [1.807, 2.05) is 0 Å². The molecule has 3 atom stereocenters. The van der Waals surface area contributed by atoms with Crippen molar-refractivity contribution in [2.45, 2.75) is 50.9 Å². The van der Waals surface area contributed by atoms with Crippen LogP contribution in [0.15, 0.2) is 140 Å². The third-order valence-corrected chi connectivity index (χ3v) is 9.62. The van der Waals surface area contributed by atoms with Gasteiger partial charge in [0.2, 0.25) is 0 Å². The van der Waals surface area contributed by atoms with Crippen molar-refractivity contribution in [3.05, 3.63) is 167 Å². The molecule has 3 unspecified atom stereocenters. The molecule has 0 amide bonds. The van der Waals surface area contributed by atoms with Crippen LogP contribution in [0.3, 0.4) is 0 Å². The summed E-state index contributed by atoms with van der Waals surface area (Å²) in [7, 11) is 0. The molecule has 42 heavy (non-hydrogen) atoms. The maximum Gasteiger partial charge on any atom is -0.00553 e. The molecule has 0 saturated carbocycles. The van der Waals surface area contributed by atoms with Crippen LogP contribution in [-0.4, -0.2) is 0 Å². The van der Waals surface area contributed by atoms with E-state index in [4.69, 9.17) is 0 Å². The molecule has 0 nitrogen and oxygen atoms in total. The lowest BCUT2D eigenvalue weighted by atomic mass is 9.79. The first-order chi connectivity index (χ1) is 20.7. The average molecular weight is 543 g/mol. The molecule has 0 heteroatoms. The Bertz CT molecular complexity index is 1810. The average Bonchev–Trinajstić information content (AvgIpc) is 3.21. The Kier molecular flexibility index (Phi) is 7.22. The maximum atomic E-state index is 2.40. The minimum Gasteiger partial charge on any atom is -0.0622 e. The van der Waals surface area contributed by atoms with E-state index >= 15 is 0 Å². The van der Waals surface area contributed by atoms with E-state index in [1.54, 1.807) is 0 Å². The summed E-state index contributed by atoms with van der Waals surface area (Å²) in [5.41, 5.74) is 12.7. The predicted molar refractivity (Wildman–Crippen MR) is 179 cm³/mol. The highest BCUT2D eigenvalue weighted by Crippen LogP contribution is 2.46. The second-order valence-corrected chi connectivity index (χ2v) is 12.1. The van der Waals surface area contributed by atoms with Crippen molar-refractivity contribution in [2.75, 3.05) is 0 Å². The monoisotopic (exact) mass is 542 g/mol. The zero-order chi connectivity index (χ0) is 28.5. The summed E-state index contributed by atoms with van der Waals surface area (Å²) >= 11 is 0. The normalized spacial score (nSPS) is 15.8. The molecule has 7 rings (SSSR count). The lowest BCUT2D eigenvalue weighted by Gasteiger charge is -2.25. The minimum absolute atomic E-state index is 0.409. The largest absolute Gasteiger partial charge is 0.0622 e. The Morgan fingerprint density at radius 1 is 0.619 bits per heavy atom. The van der Waals surface area contributed by atoms with Crippen LogP contribution in [0.1, 0.15) is 65.8 Å². The van der Waals surface area contributed by atoms with Crippen molar-refractivity contribution in [1.29, 1.82) is 0 Å². The molecular weight excluding hydrogens is 504 g/mol. The van der Waals surface area contributed by atoms with Gasteiger partial charge in [-0.25, -0.2) is 0 Å². The minimum atomic E-state index is 0.409. The predicted octanol–water partition coefficient (Wildman–Crippen LogP) is 11.4. The smallest absolute Gasteiger partial charge is 0.00553 e. The Morgan fingerprint density at radius 2 is 1.31 bits per heavy atom. The third kappa shape index (κ3) is 4.96. The van der Waals surface area contributed by atoms with Gasteiger partial charge < -0.3 is 0 Å². The topological polar surface area (TPSA) is 0 Å². The van der Waals surface area contributed by atoms with Gasteiger partial charge in [-0.1, -0.05) is 153 Å². The Morgan fingerprint density at radius 3 is 2.07 bits per heavy atom. The molecule has 0 spiro atoms. The van der Waals surface area contributed by atoms with Gasteiger partial charge in [0.1, 0.15) is 0 Å². The number of benzene rings is 6. The maximum absolute atomic E-state index is 2.40. The quantitative estimate of drug-likeness (QED) is 0.196. The molecule has 0 saturated heterocycles. The third-order valence-electron chi connectivity index (χ3n) is 9.62. The van der Waals surface area contributed by atoms with E-state index in [0.29, 0.717) is 17.8 Å². The number of rotatable bonds is 6. The van der Waals surface area contributed by atoms with Gasteiger partial charge in [-0.05, 0) is 97.9 Å². The summed E-state index contributed by atoms with van der Waals surface area (Å²) in [6, 6.07) is 52.0. The Balaban J connectivity index is 1.29. The molecule has 6 aromatic rings.